The van der Waals surface area contributed by atoms with E-state index in [1.165, 1.54) is 15.6 Å². The lowest BCUT2D eigenvalue weighted by Crippen LogP contribution is -2.43. The van der Waals surface area contributed by atoms with Crippen LogP contribution < -0.4 is 4.90 Å². The van der Waals surface area contributed by atoms with Gasteiger partial charge in [-0.05, 0) is 31.9 Å². The Bertz CT molecular complexity index is 1260. The summed E-state index contributed by atoms with van der Waals surface area (Å²) in [6.45, 7) is 1.85. The molecule has 12 heteroatoms. The van der Waals surface area contributed by atoms with Gasteiger partial charge < -0.3 is 10.0 Å². The highest BCUT2D eigenvalue weighted by Crippen LogP contribution is 2.38. The van der Waals surface area contributed by atoms with Crippen LogP contribution in [-0.4, -0.2) is 65.0 Å². The van der Waals surface area contributed by atoms with Gasteiger partial charge in [-0.3, -0.25) is 14.5 Å². The Morgan fingerprint density at radius 3 is 2.79 bits per heavy atom. The smallest absolute Gasteiger partial charge is 0.257 e. The van der Waals surface area contributed by atoms with Gasteiger partial charge in [0.05, 0.1) is 29.4 Å². The van der Waals surface area contributed by atoms with E-state index in [9.17, 15) is 18.3 Å². The van der Waals surface area contributed by atoms with E-state index in [1.807, 2.05) is 11.8 Å². The molecule has 0 spiro atoms. The van der Waals surface area contributed by atoms with Gasteiger partial charge in [-0.25, -0.2) is 18.2 Å². The molecular weight excluding hydrogens is 437 g/mol. The molecule has 5 heterocycles. The zero-order valence-corrected chi connectivity index (χ0v) is 18.1. The van der Waals surface area contributed by atoms with Crippen LogP contribution in [0.15, 0.2) is 24.5 Å². The van der Waals surface area contributed by atoms with Crippen molar-refractivity contribution in [1.29, 1.82) is 0 Å². The fraction of sp³-hybridized carbons (Fsp3) is 0.429. The minimum absolute atomic E-state index is 0.0749. The summed E-state index contributed by atoms with van der Waals surface area (Å²) in [5.74, 6) is -0.541. The largest absolute Gasteiger partial charge is 0.393 e. The van der Waals surface area contributed by atoms with E-state index in [-0.39, 0.29) is 11.7 Å². The van der Waals surface area contributed by atoms with E-state index in [0.29, 0.717) is 53.2 Å². The second-order valence-corrected chi connectivity index (χ2v) is 8.30. The van der Waals surface area contributed by atoms with E-state index >= 15 is 0 Å². The van der Waals surface area contributed by atoms with Crippen molar-refractivity contribution < 1.29 is 18.3 Å². The normalized spacial score (nSPS) is 19.2. The number of nitrogens with zero attached hydrogens (tertiary/aromatic N) is 7. The first-order valence-electron chi connectivity index (χ1n) is 10.7. The molecule has 0 aromatic carbocycles. The average Bonchev–Trinajstić information content (AvgIpc) is 3.47. The summed E-state index contributed by atoms with van der Waals surface area (Å²) in [5, 5.41) is 25.3. The molecule has 1 fully saturated rings. The monoisotopic (exact) mass is 460 g/mol. The van der Waals surface area contributed by atoms with Crippen molar-refractivity contribution in [3.8, 4) is 22.8 Å². The van der Waals surface area contributed by atoms with Crippen molar-refractivity contribution in [3.63, 3.8) is 0 Å². The first-order chi connectivity index (χ1) is 15.8. The van der Waals surface area contributed by atoms with Crippen LogP contribution in [0, 0.1) is 5.82 Å². The van der Waals surface area contributed by atoms with Gasteiger partial charge in [-0.15, -0.1) is 0 Å². The number of aliphatic hydroxyl groups excluding tert-OH is 1. The number of hydrogen-bond donors (Lipinski definition) is 2. The molecule has 0 unspecified atom stereocenters. The minimum atomic E-state index is -2.63. The number of aromatic nitrogens is 7. The highest BCUT2D eigenvalue weighted by atomic mass is 19.3. The van der Waals surface area contributed by atoms with Crippen LogP contribution in [0.25, 0.3) is 33.8 Å². The summed E-state index contributed by atoms with van der Waals surface area (Å²) in [7, 11) is 1.61. The zero-order valence-electron chi connectivity index (χ0n) is 18.1. The fourth-order valence-corrected chi connectivity index (χ4v) is 4.54. The number of aliphatic hydroxyl groups is 1. The predicted octanol–water partition coefficient (Wildman–Crippen LogP) is 2.98. The molecule has 0 radical (unpaired) electrons. The van der Waals surface area contributed by atoms with E-state index in [1.54, 1.807) is 19.2 Å². The molecule has 5 rings (SSSR count). The summed E-state index contributed by atoms with van der Waals surface area (Å²) in [6.07, 6.45) is 0.624. The highest BCUT2D eigenvalue weighted by molar-refractivity contribution is 5.99. The maximum Gasteiger partial charge on any atom is 0.257 e. The standard InChI is InChI=1S/C21H23F3N8O/c1-11-7-12(33)4-6-31(11)16-8-15(20-13(22)9-26-30(20)2)27-19-18(14-3-5-25-28-14)29-32(21(16)19)10-17(23)24/h3,5,8-9,11-12,17,33H,4,6-7,10H2,1-2H3,(H,25,28)/t11-,12+/m1/s1. The van der Waals surface area contributed by atoms with Crippen molar-refractivity contribution in [2.45, 2.75) is 44.9 Å². The van der Waals surface area contributed by atoms with Crippen LogP contribution in [0.2, 0.25) is 0 Å². The maximum absolute atomic E-state index is 14.6. The predicted molar refractivity (Wildman–Crippen MR) is 115 cm³/mol. The van der Waals surface area contributed by atoms with Crippen molar-refractivity contribution in [2.24, 2.45) is 7.05 Å². The lowest BCUT2D eigenvalue weighted by atomic mass is 9.99. The molecule has 0 amide bonds. The fourth-order valence-electron chi connectivity index (χ4n) is 4.54. The number of pyridine rings is 1. The molecule has 4 aromatic rings. The quantitative estimate of drug-likeness (QED) is 0.475. The summed E-state index contributed by atoms with van der Waals surface area (Å²) in [4.78, 5) is 6.70. The number of H-pyrrole nitrogens is 1. The molecule has 2 N–H and O–H groups in total. The minimum Gasteiger partial charge on any atom is -0.393 e. The van der Waals surface area contributed by atoms with Crippen LogP contribution in [0.4, 0.5) is 18.9 Å². The Morgan fingerprint density at radius 1 is 1.33 bits per heavy atom. The average molecular weight is 460 g/mol. The molecule has 0 saturated carbocycles. The maximum atomic E-state index is 14.6. The van der Waals surface area contributed by atoms with Crippen LogP contribution in [0.3, 0.4) is 0 Å². The Hall–Kier alpha value is -3.41. The second-order valence-electron chi connectivity index (χ2n) is 8.30. The van der Waals surface area contributed by atoms with Crippen molar-refractivity contribution in [2.75, 3.05) is 11.4 Å². The van der Waals surface area contributed by atoms with Gasteiger partial charge in [-0.2, -0.15) is 15.3 Å². The van der Waals surface area contributed by atoms with Gasteiger partial charge in [0.2, 0.25) is 0 Å². The van der Waals surface area contributed by atoms with Gasteiger partial charge in [0.15, 0.2) is 5.82 Å². The molecule has 2 atom stereocenters. The summed E-state index contributed by atoms with van der Waals surface area (Å²) in [5.41, 5.74) is 2.73. The molecule has 0 bridgehead atoms. The number of nitrogens with one attached hydrogen (secondary N) is 1. The third kappa shape index (κ3) is 3.73. The number of alkyl halides is 2. The number of aryl methyl sites for hydroxylation is 1. The first kappa shape index (κ1) is 21.4. The van der Waals surface area contributed by atoms with Crippen LogP contribution >= 0.6 is 0 Å². The number of halogens is 3. The third-order valence-electron chi connectivity index (χ3n) is 6.04. The number of anilines is 1. The Kier molecular flexibility index (Phi) is 5.31. The molecule has 174 valence electrons. The molecular formula is C21H23F3N8O. The lowest BCUT2D eigenvalue weighted by Gasteiger charge is -2.38. The third-order valence-corrected chi connectivity index (χ3v) is 6.04. The number of aromatic amines is 1. The molecule has 1 aliphatic heterocycles. The van der Waals surface area contributed by atoms with E-state index in [4.69, 9.17) is 0 Å². The molecule has 9 nitrogen and oxygen atoms in total. The van der Waals surface area contributed by atoms with Gasteiger partial charge in [-0.1, -0.05) is 0 Å². The molecule has 0 aliphatic carbocycles. The van der Waals surface area contributed by atoms with E-state index < -0.39 is 24.9 Å². The molecule has 4 aromatic heterocycles. The number of rotatable bonds is 5. The van der Waals surface area contributed by atoms with Gasteiger partial charge in [0.1, 0.15) is 29.0 Å². The van der Waals surface area contributed by atoms with Gasteiger partial charge in [0.25, 0.3) is 6.43 Å². The Morgan fingerprint density at radius 2 is 2.15 bits per heavy atom. The van der Waals surface area contributed by atoms with Gasteiger partial charge in [0, 0.05) is 25.8 Å². The van der Waals surface area contributed by atoms with E-state index in [2.05, 4.69) is 25.4 Å². The number of piperidine rings is 1. The van der Waals surface area contributed by atoms with Crippen molar-refractivity contribution in [3.05, 3.63) is 30.3 Å². The second kappa shape index (κ2) is 8.18. The summed E-state index contributed by atoms with van der Waals surface area (Å²) in [6, 6.07) is 3.29. The highest BCUT2D eigenvalue weighted by Gasteiger charge is 2.30. The van der Waals surface area contributed by atoms with Crippen LogP contribution in [0.5, 0.6) is 0 Å². The lowest BCUT2D eigenvalue weighted by molar-refractivity contribution is 0.123. The van der Waals surface area contributed by atoms with E-state index in [0.717, 1.165) is 6.20 Å². The molecule has 1 aliphatic rings. The van der Waals surface area contributed by atoms with Gasteiger partial charge >= 0.3 is 0 Å². The van der Waals surface area contributed by atoms with Crippen molar-refractivity contribution in [1.82, 2.24) is 34.7 Å². The Balaban J connectivity index is 1.82. The zero-order chi connectivity index (χ0) is 23.3. The summed E-state index contributed by atoms with van der Waals surface area (Å²) >= 11 is 0. The number of fused-ring (bicyclic) bond motifs is 1. The SMILES string of the molecule is C[C@@H]1C[C@@H](O)CCN1c1cc(-c2c(F)cnn2C)nc2c(-c3ccn[nH]3)nn(CC(F)F)c12. The van der Waals surface area contributed by atoms with Crippen LogP contribution in [0.1, 0.15) is 19.8 Å². The van der Waals surface area contributed by atoms with Crippen molar-refractivity contribution >= 4 is 16.7 Å². The number of hydrogen-bond acceptors (Lipinski definition) is 6. The molecule has 1 saturated heterocycles. The molecule has 33 heavy (non-hydrogen) atoms. The topological polar surface area (TPSA) is 101 Å². The first-order valence-corrected chi connectivity index (χ1v) is 10.7. The van der Waals surface area contributed by atoms with Crippen LogP contribution in [-0.2, 0) is 13.6 Å². The Labute approximate surface area is 186 Å². The summed E-state index contributed by atoms with van der Waals surface area (Å²) < 4.78 is 44.3.